The Balaban J connectivity index is 3.35. The Morgan fingerprint density at radius 1 is 0.415 bits per heavy atom. The largest absolute Gasteiger partial charge is 0.379 e. The van der Waals surface area contributed by atoms with Crippen LogP contribution in [0.2, 0.25) is 0 Å². The first kappa shape index (κ1) is 40.4. The predicted octanol–water partition coefficient (Wildman–Crippen LogP) is 13.0. The van der Waals surface area contributed by atoms with E-state index in [-0.39, 0.29) is 6.10 Å². The molecule has 0 aromatic heterocycles. The van der Waals surface area contributed by atoms with Crippen LogP contribution >= 0.6 is 0 Å². The SMILES string of the molecule is CCCCCCCCCCCCCCCCCCOC[C@H](CC#N)OCCCCCCCCCCCCCCCC. The van der Waals surface area contributed by atoms with Crippen molar-refractivity contribution in [3.05, 3.63) is 0 Å². The molecule has 0 fully saturated rings. The molecule has 41 heavy (non-hydrogen) atoms. The number of ether oxygens (including phenoxy) is 2. The van der Waals surface area contributed by atoms with Crippen LogP contribution < -0.4 is 0 Å². The average molecular weight is 578 g/mol. The van der Waals surface area contributed by atoms with Gasteiger partial charge in [0.1, 0.15) is 0 Å². The third kappa shape index (κ3) is 35.5. The third-order valence-electron chi connectivity index (χ3n) is 8.62. The lowest BCUT2D eigenvalue weighted by molar-refractivity contribution is -0.0159. The van der Waals surface area contributed by atoms with Crippen molar-refractivity contribution in [2.45, 2.75) is 219 Å². The topological polar surface area (TPSA) is 42.2 Å². The summed E-state index contributed by atoms with van der Waals surface area (Å²) in [6.07, 6.45) is 41.9. The average Bonchev–Trinajstić information content (AvgIpc) is 2.98. The van der Waals surface area contributed by atoms with Crippen molar-refractivity contribution in [3.63, 3.8) is 0 Å². The second kappa shape index (κ2) is 37.4. The third-order valence-corrected chi connectivity index (χ3v) is 8.62. The maximum absolute atomic E-state index is 9.13. The number of nitrogens with zero attached hydrogens (tertiary/aromatic N) is 1. The summed E-state index contributed by atoms with van der Waals surface area (Å²) in [5.41, 5.74) is 0. The Hall–Kier alpha value is -0.590. The standard InChI is InChI=1S/C38H75NO2/c1-3-5-7-9-11-13-15-17-19-20-21-23-25-27-29-31-35-40-37-38(33-34-39)41-36-32-30-28-26-24-22-18-16-14-12-10-8-6-4-2/h38H,3-33,35-37H2,1-2H3/t38-/m0/s1. The molecule has 0 rings (SSSR count). The van der Waals surface area contributed by atoms with E-state index in [1.807, 2.05) is 0 Å². The second-order valence-electron chi connectivity index (χ2n) is 12.8. The van der Waals surface area contributed by atoms with Crippen molar-refractivity contribution in [1.82, 2.24) is 0 Å². The van der Waals surface area contributed by atoms with Gasteiger partial charge in [0.05, 0.1) is 25.2 Å². The smallest absolute Gasteiger partial charge is 0.0937 e. The lowest BCUT2D eigenvalue weighted by atomic mass is 10.0. The van der Waals surface area contributed by atoms with Gasteiger partial charge < -0.3 is 9.47 Å². The molecule has 0 unspecified atom stereocenters. The van der Waals surface area contributed by atoms with Gasteiger partial charge in [0.2, 0.25) is 0 Å². The van der Waals surface area contributed by atoms with Crippen molar-refractivity contribution in [2.75, 3.05) is 19.8 Å². The maximum atomic E-state index is 9.13. The molecule has 0 spiro atoms. The minimum Gasteiger partial charge on any atom is -0.379 e. The van der Waals surface area contributed by atoms with Crippen molar-refractivity contribution >= 4 is 0 Å². The fourth-order valence-corrected chi connectivity index (χ4v) is 5.78. The molecule has 0 aliphatic rings. The van der Waals surface area contributed by atoms with Crippen LogP contribution in [0.25, 0.3) is 0 Å². The van der Waals surface area contributed by atoms with E-state index in [0.717, 1.165) is 26.1 Å². The lowest BCUT2D eigenvalue weighted by Gasteiger charge is -2.15. The first-order valence-corrected chi connectivity index (χ1v) is 18.9. The van der Waals surface area contributed by atoms with Gasteiger partial charge in [-0.1, -0.05) is 194 Å². The first-order valence-electron chi connectivity index (χ1n) is 18.9. The summed E-state index contributed by atoms with van der Waals surface area (Å²) in [6, 6.07) is 2.27. The van der Waals surface area contributed by atoms with Crippen LogP contribution in [-0.2, 0) is 9.47 Å². The quantitative estimate of drug-likeness (QED) is 0.0695. The predicted molar refractivity (Wildman–Crippen MR) is 181 cm³/mol. The van der Waals surface area contributed by atoms with Gasteiger partial charge in [-0.3, -0.25) is 0 Å². The van der Waals surface area contributed by atoms with Crippen LogP contribution in [0.5, 0.6) is 0 Å². The Kier molecular flexibility index (Phi) is 36.9. The Morgan fingerprint density at radius 3 is 1.02 bits per heavy atom. The fourth-order valence-electron chi connectivity index (χ4n) is 5.78. The zero-order valence-electron chi connectivity index (χ0n) is 28.4. The zero-order valence-corrected chi connectivity index (χ0v) is 28.4. The molecule has 1 atom stereocenters. The van der Waals surface area contributed by atoms with Crippen LogP contribution in [0, 0.1) is 11.3 Å². The van der Waals surface area contributed by atoms with E-state index in [1.165, 1.54) is 180 Å². The van der Waals surface area contributed by atoms with Crippen molar-refractivity contribution in [2.24, 2.45) is 0 Å². The molecule has 0 bridgehead atoms. The van der Waals surface area contributed by atoms with E-state index in [0.29, 0.717) is 13.0 Å². The number of hydrogen-bond acceptors (Lipinski definition) is 3. The molecule has 0 aliphatic carbocycles. The van der Waals surface area contributed by atoms with Gasteiger partial charge >= 0.3 is 0 Å². The van der Waals surface area contributed by atoms with Crippen molar-refractivity contribution in [3.8, 4) is 6.07 Å². The first-order chi connectivity index (χ1) is 20.3. The molecule has 0 saturated carbocycles. The molecule has 244 valence electrons. The zero-order chi connectivity index (χ0) is 29.7. The van der Waals surface area contributed by atoms with Gasteiger partial charge in [-0.25, -0.2) is 0 Å². The summed E-state index contributed by atoms with van der Waals surface area (Å²) in [4.78, 5) is 0. The van der Waals surface area contributed by atoms with Gasteiger partial charge in [-0.15, -0.1) is 0 Å². The number of hydrogen-bond donors (Lipinski definition) is 0. The highest BCUT2D eigenvalue weighted by atomic mass is 16.5. The minimum absolute atomic E-state index is 0.0527. The molecule has 0 saturated heterocycles. The molecule has 3 heteroatoms. The van der Waals surface area contributed by atoms with Gasteiger partial charge in [0.15, 0.2) is 0 Å². The van der Waals surface area contributed by atoms with E-state index in [4.69, 9.17) is 14.7 Å². The van der Waals surface area contributed by atoms with Gasteiger partial charge in [0, 0.05) is 13.2 Å². The maximum Gasteiger partial charge on any atom is 0.0937 e. The van der Waals surface area contributed by atoms with Crippen LogP contribution in [0.15, 0.2) is 0 Å². The molecular weight excluding hydrogens is 502 g/mol. The van der Waals surface area contributed by atoms with Crippen LogP contribution in [0.1, 0.15) is 213 Å². The summed E-state index contributed by atoms with van der Waals surface area (Å²) >= 11 is 0. The molecule has 0 radical (unpaired) electrons. The van der Waals surface area contributed by atoms with E-state index in [1.54, 1.807) is 0 Å². The fraction of sp³-hybridized carbons (Fsp3) is 0.974. The molecular formula is C38H75NO2. The van der Waals surface area contributed by atoms with E-state index < -0.39 is 0 Å². The summed E-state index contributed by atoms with van der Waals surface area (Å²) in [6.45, 7) is 6.73. The van der Waals surface area contributed by atoms with Crippen molar-refractivity contribution in [1.29, 1.82) is 5.26 Å². The van der Waals surface area contributed by atoms with E-state index >= 15 is 0 Å². The van der Waals surface area contributed by atoms with Crippen molar-refractivity contribution < 1.29 is 9.47 Å². The Bertz CT molecular complexity index is 503. The second-order valence-corrected chi connectivity index (χ2v) is 12.8. The highest BCUT2D eigenvalue weighted by Gasteiger charge is 2.09. The van der Waals surface area contributed by atoms with Gasteiger partial charge in [-0.2, -0.15) is 5.26 Å². The van der Waals surface area contributed by atoms with Gasteiger partial charge in [-0.05, 0) is 12.8 Å². The Morgan fingerprint density at radius 2 is 0.707 bits per heavy atom. The highest BCUT2D eigenvalue weighted by Crippen LogP contribution is 2.15. The summed E-state index contributed by atoms with van der Waals surface area (Å²) in [7, 11) is 0. The minimum atomic E-state index is -0.0527. The molecule has 0 aromatic rings. The molecule has 0 amide bonds. The monoisotopic (exact) mass is 578 g/mol. The van der Waals surface area contributed by atoms with Crippen LogP contribution in [-0.4, -0.2) is 25.9 Å². The summed E-state index contributed by atoms with van der Waals surface area (Å²) in [5, 5.41) is 9.13. The molecule has 3 nitrogen and oxygen atoms in total. The molecule has 0 aliphatic heterocycles. The van der Waals surface area contributed by atoms with Gasteiger partial charge in [0.25, 0.3) is 0 Å². The van der Waals surface area contributed by atoms with E-state index in [9.17, 15) is 0 Å². The summed E-state index contributed by atoms with van der Waals surface area (Å²) in [5.74, 6) is 0. The Labute approximate surface area is 259 Å². The number of nitriles is 1. The number of unbranched alkanes of at least 4 members (excludes halogenated alkanes) is 28. The number of rotatable bonds is 36. The molecule has 0 aromatic carbocycles. The highest BCUT2D eigenvalue weighted by molar-refractivity contribution is 4.76. The molecule has 0 heterocycles. The van der Waals surface area contributed by atoms with Crippen LogP contribution in [0.3, 0.4) is 0 Å². The van der Waals surface area contributed by atoms with Crippen LogP contribution in [0.4, 0.5) is 0 Å². The molecule has 0 N–H and O–H groups in total. The lowest BCUT2D eigenvalue weighted by Crippen LogP contribution is -2.20. The van der Waals surface area contributed by atoms with E-state index in [2.05, 4.69) is 19.9 Å². The normalized spacial score (nSPS) is 12.1. The summed E-state index contributed by atoms with van der Waals surface area (Å²) < 4.78 is 11.8.